The van der Waals surface area contributed by atoms with Gasteiger partial charge in [-0.2, -0.15) is 8.42 Å². The summed E-state index contributed by atoms with van der Waals surface area (Å²) in [6, 6.07) is 11.3. The van der Waals surface area contributed by atoms with E-state index in [1.54, 1.807) is 29.2 Å². The molecule has 0 bridgehead atoms. The Balaban J connectivity index is 1.71. The Morgan fingerprint density at radius 3 is 2.32 bits per heavy atom. The first-order chi connectivity index (χ1) is 14.9. The lowest BCUT2D eigenvalue weighted by atomic mass is 10.1. The predicted octanol–water partition coefficient (Wildman–Crippen LogP) is 4.46. The van der Waals surface area contributed by atoms with Gasteiger partial charge in [0.1, 0.15) is 16.4 Å². The van der Waals surface area contributed by atoms with Crippen LogP contribution in [0, 0.1) is 0 Å². The van der Waals surface area contributed by atoms with Crippen LogP contribution in [0.15, 0.2) is 47.4 Å². The molecule has 0 saturated carbocycles. The fourth-order valence-electron chi connectivity index (χ4n) is 3.55. The Labute approximate surface area is 184 Å². The van der Waals surface area contributed by atoms with E-state index in [-0.39, 0.29) is 16.7 Å². The molecule has 0 unspecified atom stereocenters. The van der Waals surface area contributed by atoms with Gasteiger partial charge in [0.2, 0.25) is 0 Å². The van der Waals surface area contributed by atoms with Gasteiger partial charge in [-0.25, -0.2) is 4.79 Å². The molecule has 1 saturated heterocycles. The maximum Gasteiger partial charge on any atom is 0.339 e. The van der Waals surface area contributed by atoms with Crippen molar-refractivity contribution in [2.24, 2.45) is 0 Å². The van der Waals surface area contributed by atoms with Crippen LogP contribution in [0.4, 0.5) is 10.5 Å². The molecule has 31 heavy (non-hydrogen) atoms. The van der Waals surface area contributed by atoms with Gasteiger partial charge in [0.05, 0.1) is 7.11 Å². The third kappa shape index (κ3) is 5.50. The average Bonchev–Trinajstić information content (AvgIpc) is 3.13. The number of anilines is 1. The summed E-state index contributed by atoms with van der Waals surface area (Å²) in [4.78, 5) is 16.2. The molecule has 0 spiro atoms. The number of unbranched alkanes of at least 4 members (excludes halogenated alkanes) is 2. The Hall–Kier alpha value is -2.74. The second-order valence-electron chi connectivity index (χ2n) is 7.53. The predicted molar refractivity (Wildman–Crippen MR) is 120 cm³/mol. The van der Waals surface area contributed by atoms with Crippen molar-refractivity contribution in [1.29, 1.82) is 0 Å². The number of amides is 2. The van der Waals surface area contributed by atoms with Gasteiger partial charge in [-0.05, 0) is 54.8 Å². The number of hydrogen-bond donors (Lipinski definition) is 0. The van der Waals surface area contributed by atoms with Crippen molar-refractivity contribution in [3.05, 3.63) is 48.0 Å². The number of nitrogens with zero attached hydrogens (tertiary/aromatic N) is 2. The van der Waals surface area contributed by atoms with Crippen LogP contribution >= 0.6 is 0 Å². The zero-order valence-electron chi connectivity index (χ0n) is 18.3. The number of ether oxygens (including phenoxy) is 1. The van der Waals surface area contributed by atoms with Crippen molar-refractivity contribution in [3.63, 3.8) is 0 Å². The molecule has 0 aliphatic carbocycles. The van der Waals surface area contributed by atoms with E-state index < -0.39 is 10.1 Å². The molecule has 1 aliphatic rings. The first-order valence-corrected chi connectivity index (χ1v) is 12.1. The van der Waals surface area contributed by atoms with Crippen molar-refractivity contribution < 1.29 is 22.1 Å². The number of aryl methyl sites for hydroxylation is 1. The molecule has 0 aromatic heterocycles. The fourth-order valence-corrected chi connectivity index (χ4v) is 4.47. The average molecular weight is 447 g/mol. The SMILES string of the molecule is CCCCCN1CCN(c2ccc(S(=O)(=O)Oc3cc(CC)cc(OC)c3)cc2)C1=O. The molecule has 168 valence electrons. The van der Waals surface area contributed by atoms with Crippen molar-refractivity contribution >= 4 is 21.8 Å². The quantitative estimate of drug-likeness (QED) is 0.398. The van der Waals surface area contributed by atoms with Crippen LogP contribution in [0.2, 0.25) is 0 Å². The Bertz CT molecular complexity index is 983. The van der Waals surface area contributed by atoms with Crippen LogP contribution in [0.3, 0.4) is 0 Å². The molecule has 7 nitrogen and oxygen atoms in total. The van der Waals surface area contributed by atoms with Crippen LogP contribution in [0.25, 0.3) is 0 Å². The van der Waals surface area contributed by atoms with Crippen molar-refractivity contribution in [2.75, 3.05) is 31.6 Å². The van der Waals surface area contributed by atoms with Crippen LogP contribution in [0.5, 0.6) is 11.5 Å². The lowest BCUT2D eigenvalue weighted by Gasteiger charge is -2.19. The second kappa shape index (κ2) is 10.0. The van der Waals surface area contributed by atoms with Crippen molar-refractivity contribution in [2.45, 2.75) is 44.4 Å². The zero-order valence-corrected chi connectivity index (χ0v) is 19.2. The van der Waals surface area contributed by atoms with Gasteiger partial charge in [0.15, 0.2) is 0 Å². The van der Waals surface area contributed by atoms with Gasteiger partial charge in [0.25, 0.3) is 0 Å². The van der Waals surface area contributed by atoms with E-state index in [0.717, 1.165) is 37.8 Å². The standard InChI is InChI=1S/C23H30N2O5S/c1-4-6-7-12-24-13-14-25(23(24)26)19-8-10-22(11-9-19)31(27,28)30-21-16-18(5-2)15-20(17-21)29-3/h8-11,15-17H,4-7,12-14H2,1-3H3. The maximum absolute atomic E-state index is 12.7. The summed E-state index contributed by atoms with van der Waals surface area (Å²) in [5.74, 6) is 0.744. The molecule has 0 radical (unpaired) electrons. The number of urea groups is 1. The third-order valence-electron chi connectivity index (χ3n) is 5.35. The van der Waals surface area contributed by atoms with Gasteiger partial charge in [-0.1, -0.05) is 26.7 Å². The zero-order chi connectivity index (χ0) is 22.4. The van der Waals surface area contributed by atoms with Crippen LogP contribution in [0.1, 0.15) is 38.7 Å². The lowest BCUT2D eigenvalue weighted by molar-refractivity contribution is 0.219. The minimum absolute atomic E-state index is 0.0311. The molecule has 3 rings (SSSR count). The highest BCUT2D eigenvalue weighted by molar-refractivity contribution is 7.87. The molecule has 1 heterocycles. The Kier molecular flexibility index (Phi) is 7.43. The summed E-state index contributed by atoms with van der Waals surface area (Å²) in [5.41, 5.74) is 1.59. The Morgan fingerprint density at radius 2 is 1.68 bits per heavy atom. The lowest BCUT2D eigenvalue weighted by Crippen LogP contribution is -2.32. The van der Waals surface area contributed by atoms with E-state index >= 15 is 0 Å². The maximum atomic E-state index is 12.7. The van der Waals surface area contributed by atoms with Gasteiger partial charge in [-0.3, -0.25) is 4.90 Å². The molecule has 0 atom stereocenters. The topological polar surface area (TPSA) is 76.2 Å². The van der Waals surface area contributed by atoms with E-state index in [2.05, 4.69) is 6.92 Å². The summed E-state index contributed by atoms with van der Waals surface area (Å²) < 4.78 is 36.0. The summed E-state index contributed by atoms with van der Waals surface area (Å²) in [6.07, 6.45) is 3.93. The molecule has 2 aromatic carbocycles. The molecule has 1 aliphatic heterocycles. The Morgan fingerprint density at radius 1 is 0.968 bits per heavy atom. The van der Waals surface area contributed by atoms with Gasteiger partial charge in [0, 0.05) is 31.4 Å². The fraction of sp³-hybridized carbons (Fsp3) is 0.435. The van der Waals surface area contributed by atoms with E-state index in [1.807, 2.05) is 17.9 Å². The molecule has 2 aromatic rings. The molecular formula is C23H30N2O5S. The summed E-state index contributed by atoms with van der Waals surface area (Å²) in [6.45, 7) is 6.13. The highest BCUT2D eigenvalue weighted by Crippen LogP contribution is 2.28. The number of carbonyl (C=O) groups is 1. The molecule has 1 fully saturated rings. The summed E-state index contributed by atoms with van der Waals surface area (Å²) in [7, 11) is -2.49. The highest BCUT2D eigenvalue weighted by Gasteiger charge is 2.29. The highest BCUT2D eigenvalue weighted by atomic mass is 32.2. The number of benzene rings is 2. The van der Waals surface area contributed by atoms with Gasteiger partial charge >= 0.3 is 16.1 Å². The van der Waals surface area contributed by atoms with Crippen molar-refractivity contribution in [3.8, 4) is 11.5 Å². The minimum Gasteiger partial charge on any atom is -0.497 e. The van der Waals surface area contributed by atoms with E-state index in [1.165, 1.54) is 19.2 Å². The second-order valence-corrected chi connectivity index (χ2v) is 9.08. The number of hydrogen-bond acceptors (Lipinski definition) is 5. The first kappa shape index (κ1) is 22.9. The minimum atomic E-state index is -4.01. The van der Waals surface area contributed by atoms with E-state index in [0.29, 0.717) is 24.5 Å². The molecule has 8 heteroatoms. The third-order valence-corrected chi connectivity index (χ3v) is 6.61. The summed E-state index contributed by atoms with van der Waals surface area (Å²) in [5, 5.41) is 0. The first-order valence-electron chi connectivity index (χ1n) is 10.7. The molecule has 2 amide bonds. The summed E-state index contributed by atoms with van der Waals surface area (Å²) >= 11 is 0. The van der Waals surface area contributed by atoms with Crippen LogP contribution in [-0.4, -0.2) is 46.1 Å². The molecular weight excluding hydrogens is 416 g/mol. The number of rotatable bonds is 10. The normalized spacial score (nSPS) is 14.2. The van der Waals surface area contributed by atoms with Gasteiger partial charge in [-0.15, -0.1) is 0 Å². The van der Waals surface area contributed by atoms with Crippen LogP contribution in [-0.2, 0) is 16.5 Å². The van der Waals surface area contributed by atoms with E-state index in [9.17, 15) is 13.2 Å². The van der Waals surface area contributed by atoms with Gasteiger partial charge < -0.3 is 13.8 Å². The van der Waals surface area contributed by atoms with E-state index in [4.69, 9.17) is 8.92 Å². The van der Waals surface area contributed by atoms with Crippen LogP contribution < -0.4 is 13.8 Å². The smallest absolute Gasteiger partial charge is 0.339 e. The number of carbonyl (C=O) groups excluding carboxylic acids is 1. The monoisotopic (exact) mass is 446 g/mol. The largest absolute Gasteiger partial charge is 0.497 e. The number of methoxy groups -OCH3 is 1. The molecule has 0 N–H and O–H groups in total. The van der Waals surface area contributed by atoms with Crippen molar-refractivity contribution in [1.82, 2.24) is 4.90 Å².